The molecule has 2 nitrogen and oxygen atoms in total. The molecule has 0 aromatic rings. The maximum atomic E-state index is 11.8. The van der Waals surface area contributed by atoms with Crippen molar-refractivity contribution in [3.8, 4) is 0 Å². The van der Waals surface area contributed by atoms with Crippen molar-refractivity contribution in [2.24, 2.45) is 5.92 Å². The summed E-state index contributed by atoms with van der Waals surface area (Å²) in [6, 6.07) is 0. The van der Waals surface area contributed by atoms with E-state index < -0.39 is 0 Å². The molecule has 176 valence electrons. The summed E-state index contributed by atoms with van der Waals surface area (Å²) in [5.41, 5.74) is 0. The highest BCUT2D eigenvalue weighted by atomic mass is 16.5. The number of hydrogen-bond donors (Lipinski definition) is 0. The molecule has 0 spiro atoms. The molecule has 0 aliphatic heterocycles. The summed E-state index contributed by atoms with van der Waals surface area (Å²) >= 11 is 0. The van der Waals surface area contributed by atoms with Crippen molar-refractivity contribution >= 4 is 5.97 Å². The van der Waals surface area contributed by atoms with Crippen molar-refractivity contribution in [1.29, 1.82) is 0 Å². The minimum Gasteiger partial charge on any atom is -0.466 e. The van der Waals surface area contributed by atoms with Crippen LogP contribution in [0.25, 0.3) is 0 Å². The second kappa shape index (κ2) is 24.2. The first-order chi connectivity index (χ1) is 14.7. The number of unbranched alkanes of at least 4 members (excludes halogenated alkanes) is 12. The molecule has 0 saturated heterocycles. The van der Waals surface area contributed by atoms with Gasteiger partial charge >= 0.3 is 5.97 Å². The Bertz CT molecular complexity index is 409. The summed E-state index contributed by atoms with van der Waals surface area (Å²) < 4.78 is 5.35. The fraction of sp³-hybridized carbons (Fsp3) is 0.821. The average Bonchev–Trinajstić information content (AvgIpc) is 2.72. The molecule has 30 heavy (non-hydrogen) atoms. The number of carbonyl (C=O) groups excluding carboxylic acids is 1. The number of rotatable bonds is 22. The van der Waals surface area contributed by atoms with Crippen LogP contribution in [0.5, 0.6) is 0 Å². The van der Waals surface area contributed by atoms with Crippen LogP contribution < -0.4 is 0 Å². The van der Waals surface area contributed by atoms with Crippen LogP contribution in [0.1, 0.15) is 136 Å². The lowest BCUT2D eigenvalue weighted by atomic mass is 10.0. The Morgan fingerprint density at radius 3 is 1.93 bits per heavy atom. The molecular formula is C28H52O2. The summed E-state index contributed by atoms with van der Waals surface area (Å²) in [6.07, 6.45) is 30.6. The molecule has 0 bridgehead atoms. The molecule has 0 fully saturated rings. The van der Waals surface area contributed by atoms with Gasteiger partial charge in [0.25, 0.3) is 0 Å². The molecule has 2 heteroatoms. The van der Waals surface area contributed by atoms with Gasteiger partial charge in [-0.3, -0.25) is 4.79 Å². The quantitative estimate of drug-likeness (QED) is 0.0990. The maximum absolute atomic E-state index is 11.8. The predicted octanol–water partition coefficient (Wildman–Crippen LogP) is 9.34. The van der Waals surface area contributed by atoms with E-state index in [0.29, 0.717) is 13.0 Å². The zero-order valence-electron chi connectivity index (χ0n) is 20.6. The van der Waals surface area contributed by atoms with E-state index in [1.807, 2.05) is 0 Å². The third-order valence-electron chi connectivity index (χ3n) is 5.52. The van der Waals surface area contributed by atoms with Crippen molar-refractivity contribution < 1.29 is 9.53 Å². The molecule has 0 aliphatic carbocycles. The van der Waals surface area contributed by atoms with E-state index in [4.69, 9.17) is 4.74 Å². The molecule has 0 aromatic heterocycles. The monoisotopic (exact) mass is 420 g/mol. The Morgan fingerprint density at radius 2 is 1.27 bits per heavy atom. The molecule has 0 atom stereocenters. The van der Waals surface area contributed by atoms with Gasteiger partial charge in [0.2, 0.25) is 0 Å². The fourth-order valence-electron chi connectivity index (χ4n) is 3.52. The SMILES string of the molecule is CCCCCC=CCC=CCCCCCCCC(=O)OCCCCCCCC(C)C. The van der Waals surface area contributed by atoms with Crippen LogP contribution >= 0.6 is 0 Å². The highest BCUT2D eigenvalue weighted by molar-refractivity contribution is 5.69. The van der Waals surface area contributed by atoms with E-state index >= 15 is 0 Å². The molecule has 0 aliphatic rings. The van der Waals surface area contributed by atoms with Crippen molar-refractivity contribution in [2.45, 2.75) is 136 Å². The van der Waals surface area contributed by atoms with Gasteiger partial charge in [0, 0.05) is 6.42 Å². The first kappa shape index (κ1) is 28.9. The Labute approximate surface area is 188 Å². The minimum atomic E-state index is 0.000454. The largest absolute Gasteiger partial charge is 0.466 e. The lowest BCUT2D eigenvalue weighted by molar-refractivity contribution is -0.143. The Kier molecular flexibility index (Phi) is 23.4. The number of hydrogen-bond acceptors (Lipinski definition) is 2. The van der Waals surface area contributed by atoms with Crippen LogP contribution in [-0.4, -0.2) is 12.6 Å². The van der Waals surface area contributed by atoms with E-state index in [9.17, 15) is 4.79 Å². The lowest BCUT2D eigenvalue weighted by Gasteiger charge is -2.06. The molecule has 0 rings (SSSR count). The number of carbonyl (C=O) groups is 1. The first-order valence-corrected chi connectivity index (χ1v) is 13.1. The normalized spacial score (nSPS) is 11.9. The van der Waals surface area contributed by atoms with Gasteiger partial charge in [-0.05, 0) is 50.9 Å². The number of ether oxygens (including phenoxy) is 1. The molecule has 0 heterocycles. The number of allylic oxidation sites excluding steroid dienone is 4. The van der Waals surface area contributed by atoms with E-state index in [0.717, 1.165) is 31.6 Å². The van der Waals surface area contributed by atoms with E-state index in [2.05, 4.69) is 45.1 Å². The van der Waals surface area contributed by atoms with Crippen molar-refractivity contribution in [3.63, 3.8) is 0 Å². The van der Waals surface area contributed by atoms with Crippen molar-refractivity contribution in [1.82, 2.24) is 0 Å². The summed E-state index contributed by atoms with van der Waals surface area (Å²) in [6.45, 7) is 7.43. The van der Waals surface area contributed by atoms with E-state index in [-0.39, 0.29) is 5.97 Å². The Balaban J connectivity index is 3.27. The summed E-state index contributed by atoms with van der Waals surface area (Å²) in [5, 5.41) is 0. The van der Waals surface area contributed by atoms with Gasteiger partial charge in [0.05, 0.1) is 6.61 Å². The van der Waals surface area contributed by atoms with Gasteiger partial charge in [-0.1, -0.05) is 109 Å². The maximum Gasteiger partial charge on any atom is 0.305 e. The van der Waals surface area contributed by atoms with E-state index in [1.54, 1.807) is 0 Å². The van der Waals surface area contributed by atoms with Crippen molar-refractivity contribution in [2.75, 3.05) is 6.61 Å². The van der Waals surface area contributed by atoms with Crippen LogP contribution in [0, 0.1) is 5.92 Å². The van der Waals surface area contributed by atoms with Gasteiger partial charge in [-0.15, -0.1) is 0 Å². The van der Waals surface area contributed by atoms with Crippen LogP contribution in [0.15, 0.2) is 24.3 Å². The summed E-state index contributed by atoms with van der Waals surface area (Å²) in [5.74, 6) is 0.820. The Hall–Kier alpha value is -1.05. The van der Waals surface area contributed by atoms with Gasteiger partial charge in [-0.25, -0.2) is 0 Å². The standard InChI is InChI=1S/C28H52O2/c1-4-5-6-7-8-9-10-11-12-13-14-15-16-19-22-25-28(29)30-26-23-20-17-18-21-24-27(2)3/h8-9,11-12,27H,4-7,10,13-26H2,1-3H3. The van der Waals surface area contributed by atoms with Gasteiger partial charge in [-0.2, -0.15) is 0 Å². The predicted molar refractivity (Wildman–Crippen MR) is 133 cm³/mol. The van der Waals surface area contributed by atoms with Crippen LogP contribution in [-0.2, 0) is 9.53 Å². The number of esters is 1. The molecule has 0 aromatic carbocycles. The molecule has 0 amide bonds. The minimum absolute atomic E-state index is 0.000454. The lowest BCUT2D eigenvalue weighted by Crippen LogP contribution is -2.05. The summed E-state index contributed by atoms with van der Waals surface area (Å²) in [4.78, 5) is 11.8. The highest BCUT2D eigenvalue weighted by Gasteiger charge is 2.02. The van der Waals surface area contributed by atoms with Crippen LogP contribution in [0.3, 0.4) is 0 Å². The van der Waals surface area contributed by atoms with Gasteiger partial charge < -0.3 is 4.74 Å². The molecular weight excluding hydrogens is 368 g/mol. The molecule has 0 unspecified atom stereocenters. The second-order valence-corrected chi connectivity index (χ2v) is 9.15. The van der Waals surface area contributed by atoms with Gasteiger partial charge in [0.15, 0.2) is 0 Å². The third kappa shape index (κ3) is 25.0. The average molecular weight is 421 g/mol. The first-order valence-electron chi connectivity index (χ1n) is 13.1. The molecule has 0 radical (unpaired) electrons. The fourth-order valence-corrected chi connectivity index (χ4v) is 3.52. The zero-order chi connectivity index (χ0) is 22.1. The topological polar surface area (TPSA) is 26.3 Å². The highest BCUT2D eigenvalue weighted by Crippen LogP contribution is 2.11. The third-order valence-corrected chi connectivity index (χ3v) is 5.52. The smallest absolute Gasteiger partial charge is 0.305 e. The zero-order valence-corrected chi connectivity index (χ0v) is 20.6. The molecule has 0 N–H and O–H groups in total. The van der Waals surface area contributed by atoms with Crippen molar-refractivity contribution in [3.05, 3.63) is 24.3 Å². The second-order valence-electron chi connectivity index (χ2n) is 9.15. The molecule has 0 saturated carbocycles. The summed E-state index contributed by atoms with van der Waals surface area (Å²) in [7, 11) is 0. The van der Waals surface area contributed by atoms with Crippen LogP contribution in [0.2, 0.25) is 0 Å². The van der Waals surface area contributed by atoms with Gasteiger partial charge in [0.1, 0.15) is 0 Å². The van der Waals surface area contributed by atoms with Crippen LogP contribution in [0.4, 0.5) is 0 Å². The van der Waals surface area contributed by atoms with E-state index in [1.165, 1.54) is 83.5 Å². The Morgan fingerprint density at radius 1 is 0.700 bits per heavy atom.